The Hall–Kier alpha value is -3.02. The van der Waals surface area contributed by atoms with E-state index in [1.807, 2.05) is 38.1 Å². The van der Waals surface area contributed by atoms with Crippen molar-refractivity contribution in [2.75, 3.05) is 36.9 Å². The first kappa shape index (κ1) is 24.3. The Morgan fingerprint density at radius 2 is 1.48 bits per heavy atom. The van der Waals surface area contributed by atoms with Gasteiger partial charge < -0.3 is 20.3 Å². The molecule has 0 unspecified atom stereocenters. The predicted molar refractivity (Wildman–Crippen MR) is 127 cm³/mol. The molecule has 0 saturated carbocycles. The van der Waals surface area contributed by atoms with Crippen molar-refractivity contribution in [3.8, 4) is 5.75 Å². The molecule has 2 amide bonds. The molecule has 2 rings (SSSR count). The lowest BCUT2D eigenvalue weighted by atomic mass is 10.1. The van der Waals surface area contributed by atoms with Gasteiger partial charge in [-0.15, -0.1) is 0 Å². The monoisotopic (exact) mass is 425 g/mol. The highest BCUT2D eigenvalue weighted by Crippen LogP contribution is 2.16. The van der Waals surface area contributed by atoms with Crippen LogP contribution in [-0.4, -0.2) is 43.0 Å². The molecule has 0 fully saturated rings. The standard InChI is InChI=1S/C25H35N3O3/c1-4-7-8-9-18-31-23-16-14-21(15-17-23)26-19-24(29)27-22-12-10-20(11-13-22)25(30)28(5-2)6-3/h10-17,26H,4-9,18-19H2,1-3H3,(H,27,29). The number of amides is 2. The van der Waals surface area contributed by atoms with Crippen molar-refractivity contribution >= 4 is 23.2 Å². The lowest BCUT2D eigenvalue weighted by Crippen LogP contribution is -2.30. The van der Waals surface area contributed by atoms with Crippen LogP contribution < -0.4 is 15.4 Å². The molecule has 0 aliphatic carbocycles. The Labute approximate surface area is 186 Å². The van der Waals surface area contributed by atoms with E-state index in [4.69, 9.17) is 4.74 Å². The van der Waals surface area contributed by atoms with Crippen LogP contribution in [0.2, 0.25) is 0 Å². The highest BCUT2D eigenvalue weighted by molar-refractivity contribution is 5.96. The third-order valence-electron chi connectivity index (χ3n) is 5.04. The quantitative estimate of drug-likeness (QED) is 0.434. The molecule has 6 heteroatoms. The summed E-state index contributed by atoms with van der Waals surface area (Å²) in [4.78, 5) is 26.3. The van der Waals surface area contributed by atoms with E-state index in [9.17, 15) is 9.59 Å². The number of rotatable bonds is 13. The zero-order chi connectivity index (χ0) is 22.5. The van der Waals surface area contributed by atoms with E-state index in [1.54, 1.807) is 29.2 Å². The van der Waals surface area contributed by atoms with Crippen molar-refractivity contribution in [3.05, 3.63) is 54.1 Å². The van der Waals surface area contributed by atoms with E-state index < -0.39 is 0 Å². The van der Waals surface area contributed by atoms with Gasteiger partial charge in [-0.05, 0) is 68.8 Å². The first-order valence-corrected chi connectivity index (χ1v) is 11.2. The van der Waals surface area contributed by atoms with Crippen LogP contribution in [0.25, 0.3) is 0 Å². The third kappa shape index (κ3) is 8.32. The highest BCUT2D eigenvalue weighted by atomic mass is 16.5. The number of nitrogens with zero attached hydrogens (tertiary/aromatic N) is 1. The van der Waals surface area contributed by atoms with Crippen LogP contribution in [0, 0.1) is 0 Å². The van der Waals surface area contributed by atoms with E-state index in [-0.39, 0.29) is 18.4 Å². The number of carbonyl (C=O) groups is 2. The molecular weight excluding hydrogens is 390 g/mol. The summed E-state index contributed by atoms with van der Waals surface area (Å²) in [6.07, 6.45) is 4.72. The van der Waals surface area contributed by atoms with Crippen molar-refractivity contribution in [3.63, 3.8) is 0 Å². The third-order valence-corrected chi connectivity index (χ3v) is 5.04. The van der Waals surface area contributed by atoms with E-state index in [1.165, 1.54) is 19.3 Å². The van der Waals surface area contributed by atoms with Gasteiger partial charge in [0.15, 0.2) is 0 Å². The number of nitrogens with one attached hydrogen (secondary N) is 2. The Kier molecular flexibility index (Phi) is 10.4. The summed E-state index contributed by atoms with van der Waals surface area (Å²) in [6, 6.07) is 14.6. The summed E-state index contributed by atoms with van der Waals surface area (Å²) in [5, 5.41) is 5.95. The molecular formula is C25H35N3O3. The second-order valence-electron chi connectivity index (χ2n) is 7.39. The van der Waals surface area contributed by atoms with Gasteiger partial charge in [0.1, 0.15) is 5.75 Å². The first-order valence-electron chi connectivity index (χ1n) is 11.2. The van der Waals surface area contributed by atoms with Crippen LogP contribution in [0.15, 0.2) is 48.5 Å². The van der Waals surface area contributed by atoms with E-state index >= 15 is 0 Å². The van der Waals surface area contributed by atoms with Crippen LogP contribution in [0.3, 0.4) is 0 Å². The lowest BCUT2D eigenvalue weighted by Gasteiger charge is -2.18. The van der Waals surface area contributed by atoms with E-state index in [0.717, 1.165) is 24.5 Å². The van der Waals surface area contributed by atoms with Crippen LogP contribution in [0.1, 0.15) is 56.8 Å². The first-order chi connectivity index (χ1) is 15.1. The molecule has 0 aliphatic heterocycles. The second-order valence-corrected chi connectivity index (χ2v) is 7.39. The largest absolute Gasteiger partial charge is 0.494 e. The molecule has 0 spiro atoms. The number of ether oxygens (including phenoxy) is 1. The SMILES string of the molecule is CCCCCCOc1ccc(NCC(=O)Nc2ccc(C(=O)N(CC)CC)cc2)cc1. The van der Waals surface area contributed by atoms with Crippen molar-refractivity contribution in [2.45, 2.75) is 46.5 Å². The topological polar surface area (TPSA) is 70.7 Å². The fourth-order valence-corrected chi connectivity index (χ4v) is 3.16. The number of benzene rings is 2. The number of unbranched alkanes of at least 4 members (excludes halogenated alkanes) is 3. The van der Waals surface area contributed by atoms with Gasteiger partial charge >= 0.3 is 0 Å². The van der Waals surface area contributed by atoms with Crippen LogP contribution in [-0.2, 0) is 4.79 Å². The molecule has 0 saturated heterocycles. The Morgan fingerprint density at radius 1 is 0.839 bits per heavy atom. The van der Waals surface area contributed by atoms with Gasteiger partial charge in [0.25, 0.3) is 5.91 Å². The number of hydrogen-bond acceptors (Lipinski definition) is 4. The normalized spacial score (nSPS) is 10.4. The Bertz CT molecular complexity index is 800. The van der Waals surface area contributed by atoms with Crippen molar-refractivity contribution in [1.82, 2.24) is 4.90 Å². The van der Waals surface area contributed by atoms with Gasteiger partial charge in [-0.2, -0.15) is 0 Å². The maximum atomic E-state index is 12.3. The predicted octanol–water partition coefficient (Wildman–Crippen LogP) is 5.18. The summed E-state index contributed by atoms with van der Waals surface area (Å²) in [5.41, 5.74) is 2.14. The molecule has 0 aromatic heterocycles. The molecule has 2 aromatic rings. The summed E-state index contributed by atoms with van der Waals surface area (Å²) in [6.45, 7) is 8.33. The number of hydrogen-bond donors (Lipinski definition) is 2. The van der Waals surface area contributed by atoms with E-state index in [0.29, 0.717) is 24.3 Å². The van der Waals surface area contributed by atoms with Crippen LogP contribution in [0.4, 0.5) is 11.4 Å². The minimum absolute atomic E-state index is 0.00192. The molecule has 2 aromatic carbocycles. The molecule has 168 valence electrons. The summed E-state index contributed by atoms with van der Waals surface area (Å²) in [7, 11) is 0. The second kappa shape index (κ2) is 13.3. The molecule has 2 N–H and O–H groups in total. The van der Waals surface area contributed by atoms with Gasteiger partial charge in [-0.3, -0.25) is 9.59 Å². The fraction of sp³-hybridized carbons (Fsp3) is 0.440. The van der Waals surface area contributed by atoms with Crippen LogP contribution >= 0.6 is 0 Å². The Balaban J connectivity index is 1.75. The summed E-state index contributed by atoms with van der Waals surface area (Å²) in [5.74, 6) is 0.683. The van der Waals surface area contributed by atoms with Crippen LogP contribution in [0.5, 0.6) is 5.75 Å². The maximum Gasteiger partial charge on any atom is 0.253 e. The molecule has 6 nitrogen and oxygen atoms in total. The van der Waals surface area contributed by atoms with Gasteiger partial charge in [0.2, 0.25) is 5.91 Å². The smallest absolute Gasteiger partial charge is 0.253 e. The molecule has 0 heterocycles. The average molecular weight is 426 g/mol. The fourth-order valence-electron chi connectivity index (χ4n) is 3.16. The van der Waals surface area contributed by atoms with Crippen molar-refractivity contribution in [2.24, 2.45) is 0 Å². The lowest BCUT2D eigenvalue weighted by molar-refractivity contribution is -0.114. The molecule has 0 radical (unpaired) electrons. The van der Waals surface area contributed by atoms with E-state index in [2.05, 4.69) is 17.6 Å². The van der Waals surface area contributed by atoms with Crippen molar-refractivity contribution in [1.29, 1.82) is 0 Å². The maximum absolute atomic E-state index is 12.3. The number of carbonyl (C=O) groups excluding carboxylic acids is 2. The zero-order valence-electron chi connectivity index (χ0n) is 18.9. The molecule has 31 heavy (non-hydrogen) atoms. The summed E-state index contributed by atoms with van der Waals surface area (Å²) < 4.78 is 5.73. The molecule has 0 bridgehead atoms. The van der Waals surface area contributed by atoms with Gasteiger partial charge in [0, 0.05) is 30.0 Å². The van der Waals surface area contributed by atoms with Gasteiger partial charge in [-0.1, -0.05) is 26.2 Å². The van der Waals surface area contributed by atoms with Gasteiger partial charge in [-0.25, -0.2) is 0 Å². The molecule has 0 aliphatic rings. The zero-order valence-corrected chi connectivity index (χ0v) is 18.9. The highest BCUT2D eigenvalue weighted by Gasteiger charge is 2.12. The number of anilines is 2. The summed E-state index contributed by atoms with van der Waals surface area (Å²) >= 11 is 0. The average Bonchev–Trinajstić information content (AvgIpc) is 2.79. The van der Waals surface area contributed by atoms with Crippen molar-refractivity contribution < 1.29 is 14.3 Å². The Morgan fingerprint density at radius 3 is 2.10 bits per heavy atom. The molecule has 0 atom stereocenters. The minimum Gasteiger partial charge on any atom is -0.494 e. The minimum atomic E-state index is -0.154. The van der Waals surface area contributed by atoms with Gasteiger partial charge in [0.05, 0.1) is 13.2 Å².